The predicted molar refractivity (Wildman–Crippen MR) is 89.4 cm³/mol. The van der Waals surface area contributed by atoms with E-state index in [1.54, 1.807) is 37.7 Å². The van der Waals surface area contributed by atoms with Gasteiger partial charge in [0.1, 0.15) is 5.75 Å². The molecule has 0 saturated carbocycles. The van der Waals surface area contributed by atoms with E-state index in [9.17, 15) is 4.79 Å². The number of benzene rings is 1. The Morgan fingerprint density at radius 1 is 1.26 bits per heavy atom. The average molecular weight is 333 g/mol. The van der Waals surface area contributed by atoms with Crippen LogP contribution in [0.1, 0.15) is 23.2 Å². The Kier molecular flexibility index (Phi) is 4.62. The largest absolute Gasteiger partial charge is 0.495 e. The van der Waals surface area contributed by atoms with E-state index in [4.69, 9.17) is 16.3 Å². The van der Waals surface area contributed by atoms with Gasteiger partial charge in [0.15, 0.2) is 0 Å². The second kappa shape index (κ2) is 6.83. The summed E-state index contributed by atoms with van der Waals surface area (Å²) in [5.41, 5.74) is 0.990. The first-order valence-corrected chi connectivity index (χ1v) is 7.77. The summed E-state index contributed by atoms with van der Waals surface area (Å²) in [4.78, 5) is 22.9. The lowest BCUT2D eigenvalue weighted by Gasteiger charge is -2.14. The fraction of sp³-hybridized carbons (Fsp3) is 0.312. The number of nitrogens with zero attached hydrogens (tertiary/aromatic N) is 3. The Morgan fingerprint density at radius 3 is 2.57 bits per heavy atom. The van der Waals surface area contributed by atoms with E-state index >= 15 is 0 Å². The summed E-state index contributed by atoms with van der Waals surface area (Å²) in [6.07, 6.45) is 5.40. The number of anilines is 2. The molecule has 0 spiro atoms. The summed E-state index contributed by atoms with van der Waals surface area (Å²) < 4.78 is 5.08. The van der Waals surface area contributed by atoms with Crippen LogP contribution in [0.5, 0.6) is 5.75 Å². The third-order valence-corrected chi connectivity index (χ3v) is 3.99. The number of hydrogen-bond donors (Lipinski definition) is 1. The molecule has 2 heterocycles. The van der Waals surface area contributed by atoms with Gasteiger partial charge in [0.05, 0.1) is 17.7 Å². The zero-order valence-electron chi connectivity index (χ0n) is 12.8. The van der Waals surface area contributed by atoms with Crippen LogP contribution in [0.25, 0.3) is 0 Å². The highest BCUT2D eigenvalue weighted by Crippen LogP contribution is 2.27. The molecular weight excluding hydrogens is 316 g/mol. The molecule has 7 heteroatoms. The molecule has 2 aromatic rings. The second-order valence-corrected chi connectivity index (χ2v) is 5.68. The summed E-state index contributed by atoms with van der Waals surface area (Å²) in [7, 11) is 1.54. The van der Waals surface area contributed by atoms with Crippen LogP contribution >= 0.6 is 11.6 Å². The standard InChI is InChI=1S/C16H17ClN4O2/c1-23-14-5-4-12(8-13(14)17)20-15(22)11-9-18-16(19-10-11)21-6-2-3-7-21/h4-5,8-10H,2-3,6-7H2,1H3,(H,20,22). The lowest BCUT2D eigenvalue weighted by Crippen LogP contribution is -2.21. The normalized spacial score (nSPS) is 13.9. The molecule has 0 atom stereocenters. The number of aromatic nitrogens is 2. The molecule has 1 fully saturated rings. The fourth-order valence-electron chi connectivity index (χ4n) is 2.47. The first-order chi connectivity index (χ1) is 11.2. The van der Waals surface area contributed by atoms with Crippen LogP contribution in [0.2, 0.25) is 5.02 Å². The number of halogens is 1. The van der Waals surface area contributed by atoms with E-state index in [1.165, 1.54) is 0 Å². The molecule has 0 unspecified atom stereocenters. The van der Waals surface area contributed by atoms with Crippen molar-refractivity contribution >= 4 is 29.1 Å². The first kappa shape index (κ1) is 15.6. The molecular formula is C16H17ClN4O2. The van der Waals surface area contributed by atoms with Crippen molar-refractivity contribution in [1.29, 1.82) is 0 Å². The van der Waals surface area contributed by atoms with Gasteiger partial charge >= 0.3 is 0 Å². The number of ether oxygens (including phenoxy) is 1. The van der Waals surface area contributed by atoms with Gasteiger partial charge in [-0.2, -0.15) is 0 Å². The molecule has 0 aliphatic carbocycles. The number of methoxy groups -OCH3 is 1. The molecule has 1 amide bonds. The zero-order valence-corrected chi connectivity index (χ0v) is 13.5. The number of carbonyl (C=O) groups is 1. The van der Waals surface area contributed by atoms with Crippen LogP contribution in [0.3, 0.4) is 0 Å². The lowest BCUT2D eigenvalue weighted by molar-refractivity contribution is 0.102. The molecule has 23 heavy (non-hydrogen) atoms. The van der Waals surface area contributed by atoms with Crippen molar-refractivity contribution in [3.63, 3.8) is 0 Å². The minimum atomic E-state index is -0.279. The maximum absolute atomic E-state index is 12.2. The molecule has 1 aromatic heterocycles. The van der Waals surface area contributed by atoms with Crippen LogP contribution in [0.4, 0.5) is 11.6 Å². The number of nitrogens with one attached hydrogen (secondary N) is 1. The van der Waals surface area contributed by atoms with Gasteiger partial charge in [0, 0.05) is 31.2 Å². The van der Waals surface area contributed by atoms with Gasteiger partial charge in [-0.3, -0.25) is 4.79 Å². The summed E-state index contributed by atoms with van der Waals surface area (Å²) in [6, 6.07) is 5.06. The third-order valence-electron chi connectivity index (χ3n) is 3.70. The fourth-order valence-corrected chi connectivity index (χ4v) is 2.72. The van der Waals surface area contributed by atoms with Crippen molar-refractivity contribution in [2.75, 3.05) is 30.4 Å². The Labute approximate surface area is 139 Å². The van der Waals surface area contributed by atoms with Crippen molar-refractivity contribution in [3.8, 4) is 5.75 Å². The number of carbonyl (C=O) groups excluding carboxylic acids is 1. The van der Waals surface area contributed by atoms with E-state index in [1.807, 2.05) is 0 Å². The molecule has 3 rings (SSSR count). The molecule has 0 bridgehead atoms. The molecule has 120 valence electrons. The quantitative estimate of drug-likeness (QED) is 0.932. The molecule has 1 aromatic carbocycles. The number of amides is 1. The third kappa shape index (κ3) is 3.53. The number of rotatable bonds is 4. The minimum Gasteiger partial charge on any atom is -0.495 e. The molecule has 1 saturated heterocycles. The van der Waals surface area contributed by atoms with Gasteiger partial charge in [-0.15, -0.1) is 0 Å². The molecule has 1 N–H and O–H groups in total. The Balaban J connectivity index is 1.69. The van der Waals surface area contributed by atoms with Gasteiger partial charge < -0.3 is 15.0 Å². The predicted octanol–water partition coefficient (Wildman–Crippen LogP) is 2.99. The van der Waals surface area contributed by atoms with Crippen molar-refractivity contribution < 1.29 is 9.53 Å². The highest BCUT2D eigenvalue weighted by atomic mass is 35.5. The molecule has 0 radical (unpaired) electrons. The minimum absolute atomic E-state index is 0.279. The van der Waals surface area contributed by atoms with Crippen LogP contribution in [-0.4, -0.2) is 36.1 Å². The highest BCUT2D eigenvalue weighted by molar-refractivity contribution is 6.32. The average Bonchev–Trinajstić information content (AvgIpc) is 3.09. The highest BCUT2D eigenvalue weighted by Gasteiger charge is 2.15. The van der Waals surface area contributed by atoms with Crippen LogP contribution < -0.4 is 15.0 Å². The molecule has 6 nitrogen and oxygen atoms in total. The topological polar surface area (TPSA) is 67.3 Å². The number of hydrogen-bond acceptors (Lipinski definition) is 5. The SMILES string of the molecule is COc1ccc(NC(=O)c2cnc(N3CCCC3)nc2)cc1Cl. The zero-order chi connectivity index (χ0) is 16.2. The van der Waals surface area contributed by atoms with E-state index in [2.05, 4.69) is 20.2 Å². The van der Waals surface area contributed by atoms with E-state index in [-0.39, 0.29) is 5.91 Å². The van der Waals surface area contributed by atoms with Crippen molar-refractivity contribution in [2.24, 2.45) is 0 Å². The van der Waals surface area contributed by atoms with Gasteiger partial charge in [-0.05, 0) is 31.0 Å². The first-order valence-electron chi connectivity index (χ1n) is 7.39. The maximum atomic E-state index is 12.2. The van der Waals surface area contributed by atoms with Gasteiger partial charge in [0.2, 0.25) is 5.95 Å². The van der Waals surface area contributed by atoms with Crippen LogP contribution in [-0.2, 0) is 0 Å². The smallest absolute Gasteiger partial charge is 0.258 e. The second-order valence-electron chi connectivity index (χ2n) is 5.27. The summed E-state index contributed by atoms with van der Waals surface area (Å²) >= 11 is 6.05. The van der Waals surface area contributed by atoms with Gasteiger partial charge in [-0.1, -0.05) is 11.6 Å². The molecule has 1 aliphatic rings. The summed E-state index contributed by atoms with van der Waals surface area (Å²) in [5, 5.41) is 3.20. The van der Waals surface area contributed by atoms with E-state index < -0.39 is 0 Å². The Morgan fingerprint density at radius 2 is 1.96 bits per heavy atom. The van der Waals surface area contributed by atoms with Gasteiger partial charge in [0.25, 0.3) is 5.91 Å². The van der Waals surface area contributed by atoms with Crippen molar-refractivity contribution in [2.45, 2.75) is 12.8 Å². The Bertz CT molecular complexity index is 700. The van der Waals surface area contributed by atoms with Gasteiger partial charge in [-0.25, -0.2) is 9.97 Å². The lowest BCUT2D eigenvalue weighted by atomic mass is 10.2. The van der Waals surface area contributed by atoms with Crippen LogP contribution in [0.15, 0.2) is 30.6 Å². The molecule has 1 aliphatic heterocycles. The maximum Gasteiger partial charge on any atom is 0.258 e. The summed E-state index contributed by atoms with van der Waals surface area (Å²) in [5.74, 6) is 0.953. The monoisotopic (exact) mass is 332 g/mol. The van der Waals surface area contributed by atoms with E-state index in [0.29, 0.717) is 28.0 Å². The van der Waals surface area contributed by atoms with E-state index in [0.717, 1.165) is 25.9 Å². The Hall–Kier alpha value is -2.34. The summed E-state index contributed by atoms with van der Waals surface area (Å²) in [6.45, 7) is 1.94. The van der Waals surface area contributed by atoms with Crippen LogP contribution in [0, 0.1) is 0 Å². The van der Waals surface area contributed by atoms with Crippen molar-refractivity contribution in [1.82, 2.24) is 9.97 Å². The van der Waals surface area contributed by atoms with Crippen molar-refractivity contribution in [3.05, 3.63) is 41.2 Å².